The predicted molar refractivity (Wildman–Crippen MR) is 77.0 cm³/mol. The lowest BCUT2D eigenvalue weighted by Gasteiger charge is -2.24. The lowest BCUT2D eigenvalue weighted by Crippen LogP contribution is -3.14. The Hall–Kier alpha value is -1.06. The molecule has 0 aromatic heterocycles. The van der Waals surface area contributed by atoms with E-state index < -0.39 is 0 Å². The fourth-order valence-corrected chi connectivity index (χ4v) is 2.45. The number of ether oxygens (including phenoxy) is 2. The molecule has 19 heavy (non-hydrogen) atoms. The summed E-state index contributed by atoms with van der Waals surface area (Å²) in [7, 11) is 0. The van der Waals surface area contributed by atoms with E-state index in [-0.39, 0.29) is 0 Å². The molecule has 3 nitrogen and oxygen atoms in total. The summed E-state index contributed by atoms with van der Waals surface area (Å²) in [5, 5.41) is 0. The molecule has 0 amide bonds. The Kier molecular flexibility index (Phi) is 5.67. The van der Waals surface area contributed by atoms with Gasteiger partial charge < -0.3 is 14.4 Å². The van der Waals surface area contributed by atoms with Gasteiger partial charge in [-0.1, -0.05) is 32.0 Å². The zero-order chi connectivity index (χ0) is 13.5. The van der Waals surface area contributed by atoms with Crippen LogP contribution in [0.3, 0.4) is 0 Å². The first-order valence-electron chi connectivity index (χ1n) is 7.44. The first-order chi connectivity index (χ1) is 9.31. The fourth-order valence-electron chi connectivity index (χ4n) is 2.45. The summed E-state index contributed by atoms with van der Waals surface area (Å²) < 4.78 is 11.4. The topological polar surface area (TPSA) is 22.9 Å². The molecule has 0 spiro atoms. The summed E-state index contributed by atoms with van der Waals surface area (Å²) >= 11 is 0. The predicted octanol–water partition coefficient (Wildman–Crippen LogP) is 1.49. The molecule has 0 aliphatic carbocycles. The molecule has 0 radical (unpaired) electrons. The summed E-state index contributed by atoms with van der Waals surface area (Å²) in [6, 6.07) is 8.44. The normalized spacial score (nSPS) is 18.2. The molecule has 1 saturated heterocycles. The molecule has 1 atom stereocenters. The van der Waals surface area contributed by atoms with Crippen LogP contribution < -0.4 is 9.64 Å². The molecule has 0 saturated carbocycles. The maximum atomic E-state index is 6.00. The minimum absolute atomic E-state index is 0.562. The largest absolute Gasteiger partial charge is 0.487 e. The van der Waals surface area contributed by atoms with E-state index in [2.05, 4.69) is 38.1 Å². The van der Waals surface area contributed by atoms with E-state index >= 15 is 0 Å². The molecular weight excluding hydrogens is 238 g/mol. The Morgan fingerprint density at radius 3 is 2.74 bits per heavy atom. The molecule has 106 valence electrons. The number of rotatable bonds is 6. The lowest BCUT2D eigenvalue weighted by molar-refractivity contribution is -0.908. The van der Waals surface area contributed by atoms with Crippen molar-refractivity contribution in [3.05, 3.63) is 29.8 Å². The van der Waals surface area contributed by atoms with E-state index in [1.165, 1.54) is 5.56 Å². The average Bonchev–Trinajstić information content (AvgIpc) is 2.48. The van der Waals surface area contributed by atoms with Gasteiger partial charge in [-0.25, -0.2) is 0 Å². The van der Waals surface area contributed by atoms with Gasteiger partial charge in [0.2, 0.25) is 0 Å². The van der Waals surface area contributed by atoms with E-state index in [0.717, 1.165) is 51.6 Å². The van der Waals surface area contributed by atoms with Crippen molar-refractivity contribution in [1.29, 1.82) is 0 Å². The molecule has 0 bridgehead atoms. The summed E-state index contributed by atoms with van der Waals surface area (Å²) in [5.41, 5.74) is 1.34. The van der Waals surface area contributed by atoms with Crippen molar-refractivity contribution in [3.8, 4) is 5.75 Å². The molecule has 1 fully saturated rings. The van der Waals surface area contributed by atoms with Crippen molar-refractivity contribution in [2.75, 3.05) is 39.5 Å². The molecule has 1 N–H and O–H groups in total. The maximum Gasteiger partial charge on any atom is 0.137 e. The van der Waals surface area contributed by atoms with Crippen LogP contribution in [0, 0.1) is 0 Å². The molecule has 0 unspecified atom stereocenters. The van der Waals surface area contributed by atoms with Crippen LogP contribution in [0.4, 0.5) is 0 Å². The van der Waals surface area contributed by atoms with Crippen LogP contribution in [0.25, 0.3) is 0 Å². The smallest absolute Gasteiger partial charge is 0.137 e. The number of nitrogens with one attached hydrogen (secondary N) is 1. The zero-order valence-corrected chi connectivity index (χ0v) is 12.2. The third-order valence-electron chi connectivity index (χ3n) is 3.98. The van der Waals surface area contributed by atoms with E-state index in [0.29, 0.717) is 5.92 Å². The summed E-state index contributed by atoms with van der Waals surface area (Å²) in [4.78, 5) is 1.59. The molecule has 1 heterocycles. The number of quaternary nitrogens is 1. The first kappa shape index (κ1) is 14.4. The Morgan fingerprint density at radius 2 is 2.00 bits per heavy atom. The van der Waals surface area contributed by atoms with E-state index in [4.69, 9.17) is 9.47 Å². The lowest BCUT2D eigenvalue weighted by atomic mass is 9.98. The fraction of sp³-hybridized carbons (Fsp3) is 0.625. The standard InChI is InChI=1S/C16H25NO2/c1-3-14(2)15-6-4-5-7-16(15)19-13-10-17-8-11-18-12-9-17/h4-7,14H,3,8-13H2,1-2H3/p+1/t14-/m1/s1. The van der Waals surface area contributed by atoms with Crippen LogP contribution in [-0.2, 0) is 4.74 Å². The first-order valence-corrected chi connectivity index (χ1v) is 7.44. The van der Waals surface area contributed by atoms with Crippen LogP contribution in [-0.4, -0.2) is 39.5 Å². The summed E-state index contributed by atoms with van der Waals surface area (Å²) in [6.07, 6.45) is 1.15. The minimum Gasteiger partial charge on any atom is -0.487 e. The molecular formula is C16H26NO2+. The highest BCUT2D eigenvalue weighted by molar-refractivity contribution is 5.35. The van der Waals surface area contributed by atoms with Gasteiger partial charge in [0.25, 0.3) is 0 Å². The highest BCUT2D eigenvalue weighted by Gasteiger charge is 2.14. The molecule has 1 aliphatic heterocycles. The Balaban J connectivity index is 1.84. The van der Waals surface area contributed by atoms with Crippen molar-refractivity contribution in [3.63, 3.8) is 0 Å². The second kappa shape index (κ2) is 7.51. The maximum absolute atomic E-state index is 6.00. The Morgan fingerprint density at radius 1 is 1.26 bits per heavy atom. The van der Waals surface area contributed by atoms with Gasteiger partial charge in [-0.3, -0.25) is 0 Å². The van der Waals surface area contributed by atoms with E-state index in [9.17, 15) is 0 Å². The van der Waals surface area contributed by atoms with Crippen molar-refractivity contribution >= 4 is 0 Å². The number of hydrogen-bond donors (Lipinski definition) is 1. The van der Waals surface area contributed by atoms with Gasteiger partial charge in [-0.15, -0.1) is 0 Å². The molecule has 2 rings (SSSR count). The number of morpholine rings is 1. The average molecular weight is 264 g/mol. The van der Waals surface area contributed by atoms with Gasteiger partial charge in [0, 0.05) is 0 Å². The van der Waals surface area contributed by atoms with Crippen LogP contribution in [0.2, 0.25) is 0 Å². The zero-order valence-electron chi connectivity index (χ0n) is 12.2. The van der Waals surface area contributed by atoms with Crippen LogP contribution in [0.15, 0.2) is 24.3 Å². The molecule has 1 aliphatic rings. The molecule has 1 aromatic rings. The third-order valence-corrected chi connectivity index (χ3v) is 3.98. The van der Waals surface area contributed by atoms with Crippen molar-refractivity contribution in [1.82, 2.24) is 0 Å². The Bertz CT molecular complexity index is 375. The molecule has 1 aromatic carbocycles. The second-order valence-corrected chi connectivity index (χ2v) is 5.31. The van der Waals surface area contributed by atoms with Crippen molar-refractivity contribution in [2.24, 2.45) is 0 Å². The van der Waals surface area contributed by atoms with Gasteiger partial charge in [0.1, 0.15) is 32.0 Å². The van der Waals surface area contributed by atoms with Crippen LogP contribution in [0.1, 0.15) is 31.7 Å². The number of hydrogen-bond acceptors (Lipinski definition) is 2. The summed E-state index contributed by atoms with van der Waals surface area (Å²) in [5.74, 6) is 1.62. The quantitative estimate of drug-likeness (QED) is 0.841. The highest BCUT2D eigenvalue weighted by atomic mass is 16.5. The summed E-state index contributed by atoms with van der Waals surface area (Å²) in [6.45, 7) is 10.3. The van der Waals surface area contributed by atoms with Gasteiger partial charge in [0.05, 0.1) is 13.2 Å². The third kappa shape index (κ3) is 4.22. The van der Waals surface area contributed by atoms with Crippen LogP contribution >= 0.6 is 0 Å². The molecule has 3 heteroatoms. The second-order valence-electron chi connectivity index (χ2n) is 5.31. The van der Waals surface area contributed by atoms with Gasteiger partial charge in [-0.2, -0.15) is 0 Å². The monoisotopic (exact) mass is 264 g/mol. The Labute approximate surface area is 116 Å². The SMILES string of the molecule is CC[C@@H](C)c1ccccc1OCC[NH+]1CCOCC1. The number of para-hydroxylation sites is 1. The minimum atomic E-state index is 0.562. The van der Waals surface area contributed by atoms with E-state index in [1.54, 1.807) is 4.90 Å². The van der Waals surface area contributed by atoms with Crippen LogP contribution in [0.5, 0.6) is 5.75 Å². The van der Waals surface area contributed by atoms with Gasteiger partial charge in [-0.05, 0) is 24.0 Å². The highest BCUT2D eigenvalue weighted by Crippen LogP contribution is 2.28. The number of benzene rings is 1. The van der Waals surface area contributed by atoms with Gasteiger partial charge in [0.15, 0.2) is 0 Å². The van der Waals surface area contributed by atoms with Crippen molar-refractivity contribution in [2.45, 2.75) is 26.2 Å². The van der Waals surface area contributed by atoms with E-state index in [1.807, 2.05) is 0 Å². The van der Waals surface area contributed by atoms with Crippen molar-refractivity contribution < 1.29 is 14.4 Å². The van der Waals surface area contributed by atoms with Gasteiger partial charge >= 0.3 is 0 Å².